The molecule has 0 aromatic heterocycles. The van der Waals surface area contributed by atoms with Crippen molar-refractivity contribution in [1.82, 2.24) is 0 Å². The number of rotatable bonds is 5. The maximum atomic E-state index is 5.80. The van der Waals surface area contributed by atoms with Gasteiger partial charge >= 0.3 is 0 Å². The number of nitrogens with one attached hydrogen (secondary N) is 1. The zero-order valence-corrected chi connectivity index (χ0v) is 12.8. The van der Waals surface area contributed by atoms with E-state index in [-0.39, 0.29) is 0 Å². The lowest BCUT2D eigenvalue weighted by atomic mass is 9.95. The molecule has 1 aromatic carbocycles. The van der Waals surface area contributed by atoms with Crippen LogP contribution in [0.2, 0.25) is 0 Å². The largest absolute Gasteiger partial charge is 0.493 e. The van der Waals surface area contributed by atoms with Crippen molar-refractivity contribution in [2.75, 3.05) is 26.1 Å². The summed E-state index contributed by atoms with van der Waals surface area (Å²) in [6, 6.07) is 6.40. The van der Waals surface area contributed by atoms with Gasteiger partial charge in [0.15, 0.2) is 11.5 Å². The van der Waals surface area contributed by atoms with E-state index < -0.39 is 0 Å². The molecule has 0 spiro atoms. The molecule has 1 fully saturated rings. The molecule has 2 unspecified atom stereocenters. The van der Waals surface area contributed by atoms with Crippen molar-refractivity contribution in [3.8, 4) is 11.5 Å². The second kappa shape index (κ2) is 6.84. The van der Waals surface area contributed by atoms with Gasteiger partial charge in [-0.15, -0.1) is 0 Å². The Kier molecular flexibility index (Phi) is 5.12. The van der Waals surface area contributed by atoms with Gasteiger partial charge in [0.1, 0.15) is 0 Å². The molecule has 112 valence electrons. The molecule has 1 N–H and O–H groups in total. The minimum Gasteiger partial charge on any atom is -0.493 e. The highest BCUT2D eigenvalue weighted by Gasteiger charge is 2.24. The highest BCUT2D eigenvalue weighted by atomic mass is 16.5. The Hall–Kier alpha value is -1.42. The predicted molar refractivity (Wildman–Crippen MR) is 80.8 cm³/mol. The lowest BCUT2D eigenvalue weighted by molar-refractivity contribution is -0.0160. The first-order valence-corrected chi connectivity index (χ1v) is 7.24. The Bertz CT molecular complexity index is 434. The number of hydrogen-bond donors (Lipinski definition) is 1. The third-order valence-corrected chi connectivity index (χ3v) is 3.81. The van der Waals surface area contributed by atoms with Crippen molar-refractivity contribution in [3.05, 3.63) is 18.2 Å². The van der Waals surface area contributed by atoms with Crippen LogP contribution in [-0.4, -0.2) is 33.0 Å². The third-order valence-electron chi connectivity index (χ3n) is 3.81. The molecule has 4 nitrogen and oxygen atoms in total. The van der Waals surface area contributed by atoms with Gasteiger partial charge in [-0.3, -0.25) is 0 Å². The summed E-state index contributed by atoms with van der Waals surface area (Å²) in [7, 11) is 3.31. The van der Waals surface area contributed by atoms with Crippen LogP contribution in [0.4, 0.5) is 5.69 Å². The average Bonchev–Trinajstić information content (AvgIpc) is 2.47. The fraction of sp³-hybridized carbons (Fsp3) is 0.625. The molecular weight excluding hydrogens is 254 g/mol. The van der Waals surface area contributed by atoms with Crippen LogP contribution < -0.4 is 14.8 Å². The van der Waals surface area contributed by atoms with Crippen molar-refractivity contribution >= 4 is 5.69 Å². The Morgan fingerprint density at radius 3 is 2.60 bits per heavy atom. The maximum Gasteiger partial charge on any atom is 0.162 e. The van der Waals surface area contributed by atoms with E-state index >= 15 is 0 Å². The molecule has 0 radical (unpaired) electrons. The van der Waals surface area contributed by atoms with Gasteiger partial charge < -0.3 is 19.5 Å². The molecule has 2 atom stereocenters. The number of benzene rings is 1. The standard InChI is InChI=1S/C16H25NO3/c1-11(2)15-9-13(7-8-20-15)17-12-5-6-14(18-3)16(10-12)19-4/h5-6,10-11,13,15,17H,7-9H2,1-4H3. The number of ether oxygens (including phenoxy) is 3. The number of anilines is 1. The van der Waals surface area contributed by atoms with Crippen molar-refractivity contribution in [1.29, 1.82) is 0 Å². The normalized spacial score (nSPS) is 22.6. The van der Waals surface area contributed by atoms with Crippen molar-refractivity contribution in [2.24, 2.45) is 5.92 Å². The molecular formula is C16H25NO3. The second-order valence-electron chi connectivity index (χ2n) is 5.59. The molecule has 1 aliphatic rings. The number of methoxy groups -OCH3 is 2. The molecule has 0 aliphatic carbocycles. The molecule has 20 heavy (non-hydrogen) atoms. The van der Waals surface area contributed by atoms with Gasteiger partial charge in [0.2, 0.25) is 0 Å². The second-order valence-corrected chi connectivity index (χ2v) is 5.59. The summed E-state index contributed by atoms with van der Waals surface area (Å²) < 4.78 is 16.4. The lowest BCUT2D eigenvalue weighted by Crippen LogP contribution is -2.36. The first kappa shape index (κ1) is 15.0. The minimum atomic E-state index is 0.349. The Labute approximate surface area is 121 Å². The molecule has 1 saturated heterocycles. The van der Waals surface area contributed by atoms with E-state index in [0.717, 1.165) is 36.6 Å². The summed E-state index contributed by atoms with van der Waals surface area (Å²) in [4.78, 5) is 0. The molecule has 0 saturated carbocycles. The van der Waals surface area contributed by atoms with Gasteiger partial charge in [-0.05, 0) is 30.9 Å². The molecule has 4 heteroatoms. The Balaban J connectivity index is 2.02. The topological polar surface area (TPSA) is 39.7 Å². The van der Waals surface area contributed by atoms with Gasteiger partial charge in [0, 0.05) is 24.4 Å². The predicted octanol–water partition coefficient (Wildman–Crippen LogP) is 3.32. The molecule has 1 aromatic rings. The van der Waals surface area contributed by atoms with Gasteiger partial charge in [0.25, 0.3) is 0 Å². The van der Waals surface area contributed by atoms with Crippen molar-refractivity contribution < 1.29 is 14.2 Å². The van der Waals surface area contributed by atoms with Gasteiger partial charge in [-0.25, -0.2) is 0 Å². The number of hydrogen-bond acceptors (Lipinski definition) is 4. The average molecular weight is 279 g/mol. The summed E-state index contributed by atoms with van der Waals surface area (Å²) in [6.45, 7) is 5.25. The molecule has 1 aliphatic heterocycles. The third kappa shape index (κ3) is 3.57. The SMILES string of the molecule is COc1ccc(NC2CCOC(C(C)C)C2)cc1OC. The lowest BCUT2D eigenvalue weighted by Gasteiger charge is -2.33. The van der Waals surface area contributed by atoms with Crippen molar-refractivity contribution in [2.45, 2.75) is 38.8 Å². The van der Waals surface area contributed by atoms with Crippen LogP contribution in [0.5, 0.6) is 11.5 Å². The summed E-state index contributed by atoms with van der Waals surface area (Å²) >= 11 is 0. The van der Waals surface area contributed by atoms with Gasteiger partial charge in [0.05, 0.1) is 20.3 Å². The van der Waals surface area contributed by atoms with E-state index in [4.69, 9.17) is 14.2 Å². The van der Waals surface area contributed by atoms with E-state index in [1.807, 2.05) is 18.2 Å². The van der Waals surface area contributed by atoms with Gasteiger partial charge in [-0.1, -0.05) is 13.8 Å². The van der Waals surface area contributed by atoms with Crippen LogP contribution in [0.25, 0.3) is 0 Å². The van der Waals surface area contributed by atoms with E-state index in [2.05, 4.69) is 19.2 Å². The van der Waals surface area contributed by atoms with Crippen LogP contribution in [-0.2, 0) is 4.74 Å². The van der Waals surface area contributed by atoms with E-state index in [0.29, 0.717) is 18.1 Å². The van der Waals surface area contributed by atoms with E-state index in [1.165, 1.54) is 0 Å². The van der Waals surface area contributed by atoms with Crippen LogP contribution >= 0.6 is 0 Å². The molecule has 1 heterocycles. The monoisotopic (exact) mass is 279 g/mol. The van der Waals surface area contributed by atoms with Crippen LogP contribution in [0.1, 0.15) is 26.7 Å². The highest BCUT2D eigenvalue weighted by Crippen LogP contribution is 2.31. The van der Waals surface area contributed by atoms with Crippen LogP contribution in [0.15, 0.2) is 18.2 Å². The minimum absolute atomic E-state index is 0.349. The summed E-state index contributed by atoms with van der Waals surface area (Å²) in [6.07, 6.45) is 2.44. The molecule has 0 bridgehead atoms. The smallest absolute Gasteiger partial charge is 0.162 e. The highest BCUT2D eigenvalue weighted by molar-refractivity contribution is 5.55. The van der Waals surface area contributed by atoms with Crippen LogP contribution in [0, 0.1) is 5.92 Å². The first-order chi connectivity index (χ1) is 9.63. The Morgan fingerprint density at radius 2 is 1.95 bits per heavy atom. The summed E-state index contributed by atoms with van der Waals surface area (Å²) in [5, 5.41) is 3.58. The molecule has 0 amide bonds. The zero-order valence-electron chi connectivity index (χ0n) is 12.8. The van der Waals surface area contributed by atoms with E-state index in [9.17, 15) is 0 Å². The maximum absolute atomic E-state index is 5.80. The Morgan fingerprint density at radius 1 is 1.20 bits per heavy atom. The summed E-state index contributed by atoms with van der Waals surface area (Å²) in [5.41, 5.74) is 1.07. The molecule has 2 rings (SSSR count). The quantitative estimate of drug-likeness (QED) is 0.897. The fourth-order valence-electron chi connectivity index (χ4n) is 2.59. The summed E-state index contributed by atoms with van der Waals surface area (Å²) in [5.74, 6) is 2.07. The van der Waals surface area contributed by atoms with E-state index in [1.54, 1.807) is 14.2 Å². The zero-order chi connectivity index (χ0) is 14.5. The van der Waals surface area contributed by atoms with Crippen LogP contribution in [0.3, 0.4) is 0 Å². The van der Waals surface area contributed by atoms with Gasteiger partial charge in [-0.2, -0.15) is 0 Å². The first-order valence-electron chi connectivity index (χ1n) is 7.24. The fourth-order valence-corrected chi connectivity index (χ4v) is 2.59. The van der Waals surface area contributed by atoms with Crippen molar-refractivity contribution in [3.63, 3.8) is 0 Å².